The Morgan fingerprint density at radius 1 is 1.50 bits per heavy atom. The largest absolute Gasteiger partial charge is 0.465 e. The summed E-state index contributed by atoms with van der Waals surface area (Å²) in [5.41, 5.74) is -0.365. The quantitative estimate of drug-likeness (QED) is 0.441. The van der Waals surface area contributed by atoms with E-state index >= 15 is 0 Å². The van der Waals surface area contributed by atoms with E-state index in [0.717, 1.165) is 19.4 Å². The number of carbonyl (C=O) groups excluding carboxylic acids is 1. The van der Waals surface area contributed by atoms with Crippen molar-refractivity contribution in [2.45, 2.75) is 47.1 Å². The van der Waals surface area contributed by atoms with Crippen LogP contribution in [0.1, 0.15) is 39.4 Å². The normalized spacial score (nSPS) is 11.6. The molecule has 0 unspecified atom stereocenters. The van der Waals surface area contributed by atoms with Gasteiger partial charge in [0.1, 0.15) is 12.4 Å². The van der Waals surface area contributed by atoms with Crippen molar-refractivity contribution in [2.75, 3.05) is 6.61 Å². The van der Waals surface area contributed by atoms with Crippen LogP contribution in [0.5, 0.6) is 0 Å². The third kappa shape index (κ3) is 3.59. The molecule has 1 aromatic rings. The number of rotatable bonds is 6. The molecule has 0 radical (unpaired) electrons. The molecule has 0 saturated carbocycles. The van der Waals surface area contributed by atoms with Crippen molar-refractivity contribution in [1.29, 1.82) is 0 Å². The van der Waals surface area contributed by atoms with Gasteiger partial charge in [0.15, 0.2) is 0 Å². The fraction of sp³-hybridized carbons (Fsp3) is 0.714. The maximum Gasteiger partial charge on any atom is 0.311 e. The summed E-state index contributed by atoms with van der Waals surface area (Å²) in [6, 6.07) is 0. The molecule has 18 heavy (non-hydrogen) atoms. The molecule has 0 aromatic carbocycles. The minimum Gasteiger partial charge on any atom is -0.465 e. The van der Waals surface area contributed by atoms with Crippen molar-refractivity contribution < 1.29 is 14.1 Å². The molecule has 0 aliphatic rings. The maximum absolute atomic E-state index is 11.7. The smallest absolute Gasteiger partial charge is 0.311 e. The van der Waals surface area contributed by atoms with Gasteiger partial charge in [0, 0.05) is 13.3 Å². The van der Waals surface area contributed by atoms with Gasteiger partial charge in [-0.1, -0.05) is 6.92 Å². The van der Waals surface area contributed by atoms with Crippen LogP contribution in [0.15, 0.2) is 12.4 Å². The first-order chi connectivity index (χ1) is 8.38. The van der Waals surface area contributed by atoms with Gasteiger partial charge in [-0.3, -0.25) is 4.79 Å². The molecule has 4 heteroatoms. The highest BCUT2D eigenvalue weighted by Crippen LogP contribution is 2.21. The number of carbonyl (C=O) groups is 1. The first-order valence-electron chi connectivity index (χ1n) is 6.57. The third-order valence-corrected chi connectivity index (χ3v) is 3.61. The summed E-state index contributed by atoms with van der Waals surface area (Å²) < 4.78 is 9.55. The molecule has 102 valence electrons. The van der Waals surface area contributed by atoms with Crippen LogP contribution in [0.25, 0.3) is 0 Å². The van der Waals surface area contributed by atoms with Crippen LogP contribution in [0.4, 0.5) is 0 Å². The van der Waals surface area contributed by atoms with E-state index in [2.05, 4.69) is 16.1 Å². The van der Waals surface area contributed by atoms with Crippen LogP contribution in [0.3, 0.4) is 0 Å². The third-order valence-electron chi connectivity index (χ3n) is 3.61. The lowest BCUT2D eigenvalue weighted by Gasteiger charge is -2.20. The van der Waals surface area contributed by atoms with Crippen molar-refractivity contribution in [2.24, 2.45) is 12.5 Å². The number of aromatic nitrogens is 2. The monoisotopic (exact) mass is 253 g/mol. The molecule has 0 amide bonds. The van der Waals surface area contributed by atoms with Crippen molar-refractivity contribution in [3.63, 3.8) is 0 Å². The van der Waals surface area contributed by atoms with Crippen LogP contribution < -0.4 is 4.57 Å². The summed E-state index contributed by atoms with van der Waals surface area (Å²) in [6.07, 6.45) is 5.73. The van der Waals surface area contributed by atoms with Crippen LogP contribution >= 0.6 is 0 Å². The molecule has 4 nitrogen and oxygen atoms in total. The first kappa shape index (κ1) is 14.7. The van der Waals surface area contributed by atoms with Gasteiger partial charge in [-0.15, -0.1) is 0 Å². The number of hydrogen-bond donors (Lipinski definition) is 0. The summed E-state index contributed by atoms with van der Waals surface area (Å²) in [5, 5.41) is 0. The fourth-order valence-corrected chi connectivity index (χ4v) is 1.57. The molecule has 1 heterocycles. The van der Waals surface area contributed by atoms with Gasteiger partial charge in [-0.05, 0) is 20.3 Å². The maximum atomic E-state index is 11.7. The van der Waals surface area contributed by atoms with Gasteiger partial charge in [0.25, 0.3) is 5.82 Å². The van der Waals surface area contributed by atoms with Gasteiger partial charge >= 0.3 is 5.97 Å². The Labute approximate surface area is 110 Å². The molecule has 0 atom stereocenters. The van der Waals surface area contributed by atoms with E-state index in [1.54, 1.807) is 0 Å². The number of aryl methyl sites for hydroxylation is 2. The van der Waals surface area contributed by atoms with E-state index in [-0.39, 0.29) is 11.4 Å². The highest BCUT2D eigenvalue weighted by atomic mass is 16.5. The van der Waals surface area contributed by atoms with Gasteiger partial charge < -0.3 is 4.74 Å². The van der Waals surface area contributed by atoms with Gasteiger partial charge in [0.2, 0.25) is 0 Å². The number of ether oxygens (including phenoxy) is 1. The summed E-state index contributed by atoms with van der Waals surface area (Å²) in [7, 11) is 2.02. The lowest BCUT2D eigenvalue weighted by molar-refractivity contribution is -0.677. The number of nitrogens with zero attached hydrogens (tertiary/aromatic N) is 2. The van der Waals surface area contributed by atoms with Crippen LogP contribution in [-0.2, 0) is 23.1 Å². The summed E-state index contributed by atoms with van der Waals surface area (Å²) in [6.45, 7) is 9.30. The van der Waals surface area contributed by atoms with Crippen molar-refractivity contribution >= 4 is 5.97 Å². The fourth-order valence-electron chi connectivity index (χ4n) is 1.57. The molecule has 0 fully saturated rings. The molecule has 1 rings (SSSR count). The number of imidazole rings is 1. The average molecular weight is 253 g/mol. The van der Waals surface area contributed by atoms with E-state index in [4.69, 9.17) is 4.74 Å². The van der Waals surface area contributed by atoms with Crippen molar-refractivity contribution in [1.82, 2.24) is 4.57 Å². The van der Waals surface area contributed by atoms with E-state index in [1.807, 2.05) is 40.2 Å². The average Bonchev–Trinajstić information content (AvgIpc) is 2.65. The summed E-state index contributed by atoms with van der Waals surface area (Å²) in [4.78, 5) is 11.7. The summed E-state index contributed by atoms with van der Waals surface area (Å²) in [5.74, 6) is 1.11. The van der Waals surface area contributed by atoms with Gasteiger partial charge in [-0.25, -0.2) is 9.13 Å². The molecule has 0 bridgehead atoms. The zero-order chi connectivity index (χ0) is 13.8. The van der Waals surface area contributed by atoms with Gasteiger partial charge in [0.05, 0.1) is 25.6 Å². The molecule has 0 saturated heterocycles. The SMILES string of the molecule is CCC(C)(C)C(=O)OCCCn1cc[n+](C)c1C. The van der Waals surface area contributed by atoms with E-state index in [1.165, 1.54) is 5.82 Å². The highest BCUT2D eigenvalue weighted by Gasteiger charge is 2.26. The lowest BCUT2D eigenvalue weighted by atomic mass is 9.91. The molecule has 0 spiro atoms. The topological polar surface area (TPSA) is 35.1 Å². The Kier molecular flexibility index (Phi) is 4.93. The summed E-state index contributed by atoms with van der Waals surface area (Å²) >= 11 is 0. The molecule has 1 aromatic heterocycles. The Morgan fingerprint density at radius 3 is 2.67 bits per heavy atom. The van der Waals surface area contributed by atoms with Crippen molar-refractivity contribution in [3.8, 4) is 0 Å². The van der Waals surface area contributed by atoms with Crippen LogP contribution in [0.2, 0.25) is 0 Å². The minimum atomic E-state index is -0.365. The Balaban J connectivity index is 2.32. The second kappa shape index (κ2) is 6.03. The number of esters is 1. The zero-order valence-electron chi connectivity index (χ0n) is 12.2. The molecule has 0 aliphatic carbocycles. The van der Waals surface area contributed by atoms with Gasteiger partial charge in [-0.2, -0.15) is 0 Å². The van der Waals surface area contributed by atoms with Crippen LogP contribution in [-0.4, -0.2) is 17.1 Å². The van der Waals surface area contributed by atoms with Crippen molar-refractivity contribution in [3.05, 3.63) is 18.2 Å². The standard InChI is InChI=1S/C14H25N2O2/c1-6-14(3,4)13(17)18-11-7-8-16-10-9-15(5)12(16)2/h9-10H,6-8,11H2,1-5H3/q+1. The molecular weight excluding hydrogens is 228 g/mol. The minimum absolute atomic E-state index is 0.0974. The van der Waals surface area contributed by atoms with E-state index in [0.29, 0.717) is 6.61 Å². The predicted octanol–water partition coefficient (Wildman–Crippen LogP) is 1.99. The Morgan fingerprint density at radius 2 is 2.17 bits per heavy atom. The zero-order valence-corrected chi connectivity index (χ0v) is 12.2. The van der Waals surface area contributed by atoms with E-state index in [9.17, 15) is 4.79 Å². The number of hydrogen-bond acceptors (Lipinski definition) is 2. The highest BCUT2D eigenvalue weighted by molar-refractivity contribution is 5.75. The molecule has 0 aliphatic heterocycles. The molecular formula is C14H25N2O2+. The van der Waals surface area contributed by atoms with E-state index < -0.39 is 0 Å². The van der Waals surface area contributed by atoms with Crippen LogP contribution in [0, 0.1) is 12.3 Å². The molecule has 0 N–H and O–H groups in total. The Hall–Kier alpha value is -1.32. The first-order valence-corrected chi connectivity index (χ1v) is 6.57. The second-order valence-corrected chi connectivity index (χ2v) is 5.38. The predicted molar refractivity (Wildman–Crippen MR) is 70.0 cm³/mol. The lowest BCUT2D eigenvalue weighted by Crippen LogP contribution is -2.30. The second-order valence-electron chi connectivity index (χ2n) is 5.38. The Bertz CT molecular complexity index is 408.